The van der Waals surface area contributed by atoms with Gasteiger partial charge in [-0.15, -0.1) is 0 Å². The summed E-state index contributed by atoms with van der Waals surface area (Å²) in [5, 5.41) is 6.10. The van der Waals surface area contributed by atoms with Crippen molar-refractivity contribution in [1.29, 1.82) is 0 Å². The molecule has 1 heterocycles. The standard InChI is InChI=1S/C17H15ClN2O3/c1-23-15-6-4-12(18)9-14(15)20-17(22)11-2-5-13-10(8-11)3-7-16(21)19-13/h2,4-6,8-9H,3,7H2,1H3,(H,19,21)(H,20,22). The molecule has 1 aliphatic heterocycles. The van der Waals surface area contributed by atoms with Crippen LogP contribution in [0, 0.1) is 0 Å². The Morgan fingerprint density at radius 2 is 2.04 bits per heavy atom. The van der Waals surface area contributed by atoms with Gasteiger partial charge in [0.25, 0.3) is 5.91 Å². The van der Waals surface area contributed by atoms with Crippen molar-refractivity contribution in [3.63, 3.8) is 0 Å². The Balaban J connectivity index is 1.84. The van der Waals surface area contributed by atoms with Gasteiger partial charge in [-0.2, -0.15) is 0 Å². The van der Waals surface area contributed by atoms with E-state index in [1.807, 2.05) is 0 Å². The molecule has 0 saturated carbocycles. The predicted molar refractivity (Wildman–Crippen MR) is 89.3 cm³/mol. The molecule has 0 unspecified atom stereocenters. The van der Waals surface area contributed by atoms with Crippen LogP contribution in [0.15, 0.2) is 36.4 Å². The first-order valence-corrected chi connectivity index (χ1v) is 7.52. The maximum absolute atomic E-state index is 12.4. The van der Waals surface area contributed by atoms with Crippen molar-refractivity contribution in [2.45, 2.75) is 12.8 Å². The third-order valence-corrected chi connectivity index (χ3v) is 3.91. The van der Waals surface area contributed by atoms with E-state index in [0.29, 0.717) is 34.9 Å². The van der Waals surface area contributed by atoms with Gasteiger partial charge in [0.1, 0.15) is 5.75 Å². The van der Waals surface area contributed by atoms with Gasteiger partial charge in [0.05, 0.1) is 12.8 Å². The van der Waals surface area contributed by atoms with Gasteiger partial charge in [-0.25, -0.2) is 0 Å². The molecule has 0 aromatic heterocycles. The molecule has 2 aromatic rings. The summed E-state index contributed by atoms with van der Waals surface area (Å²) in [5.41, 5.74) is 2.74. The lowest BCUT2D eigenvalue weighted by molar-refractivity contribution is -0.116. The van der Waals surface area contributed by atoms with E-state index < -0.39 is 0 Å². The van der Waals surface area contributed by atoms with E-state index in [0.717, 1.165) is 11.3 Å². The zero-order valence-electron chi connectivity index (χ0n) is 12.5. The monoisotopic (exact) mass is 330 g/mol. The van der Waals surface area contributed by atoms with E-state index in [2.05, 4.69) is 10.6 Å². The number of carbonyl (C=O) groups excluding carboxylic acids is 2. The van der Waals surface area contributed by atoms with Crippen LogP contribution in [0.1, 0.15) is 22.3 Å². The molecule has 3 rings (SSSR count). The largest absolute Gasteiger partial charge is 0.495 e. The number of hydrogen-bond acceptors (Lipinski definition) is 3. The molecule has 0 atom stereocenters. The average molecular weight is 331 g/mol. The van der Waals surface area contributed by atoms with Gasteiger partial charge in [-0.05, 0) is 48.4 Å². The van der Waals surface area contributed by atoms with E-state index >= 15 is 0 Å². The Kier molecular flexibility index (Phi) is 4.21. The summed E-state index contributed by atoms with van der Waals surface area (Å²) in [6.45, 7) is 0. The first-order valence-electron chi connectivity index (χ1n) is 7.14. The normalized spacial score (nSPS) is 13.0. The minimum atomic E-state index is -0.259. The van der Waals surface area contributed by atoms with Crippen molar-refractivity contribution >= 4 is 34.8 Å². The van der Waals surface area contributed by atoms with Gasteiger partial charge in [0, 0.05) is 22.7 Å². The lowest BCUT2D eigenvalue weighted by atomic mass is 10.00. The highest BCUT2D eigenvalue weighted by atomic mass is 35.5. The summed E-state index contributed by atoms with van der Waals surface area (Å²) >= 11 is 5.96. The highest BCUT2D eigenvalue weighted by Gasteiger charge is 2.17. The summed E-state index contributed by atoms with van der Waals surface area (Å²) in [5.74, 6) is 0.275. The van der Waals surface area contributed by atoms with Gasteiger partial charge >= 0.3 is 0 Å². The lowest BCUT2D eigenvalue weighted by Crippen LogP contribution is -2.20. The average Bonchev–Trinajstić information content (AvgIpc) is 2.54. The second-order valence-corrected chi connectivity index (χ2v) is 5.66. The third-order valence-electron chi connectivity index (χ3n) is 3.67. The number of fused-ring (bicyclic) bond motifs is 1. The van der Waals surface area contributed by atoms with Crippen molar-refractivity contribution < 1.29 is 14.3 Å². The summed E-state index contributed by atoms with van der Waals surface area (Å²) in [6.07, 6.45) is 1.06. The Hall–Kier alpha value is -2.53. The molecule has 2 N–H and O–H groups in total. The minimum Gasteiger partial charge on any atom is -0.495 e. The Bertz CT molecular complexity index is 789. The van der Waals surface area contributed by atoms with Crippen LogP contribution in [-0.2, 0) is 11.2 Å². The number of methoxy groups -OCH3 is 1. The van der Waals surface area contributed by atoms with Gasteiger partial charge in [0.2, 0.25) is 5.91 Å². The molecule has 23 heavy (non-hydrogen) atoms. The molecular formula is C17H15ClN2O3. The number of halogens is 1. The van der Waals surface area contributed by atoms with Gasteiger partial charge in [-0.3, -0.25) is 9.59 Å². The molecule has 118 valence electrons. The molecule has 0 spiro atoms. The molecule has 2 amide bonds. The number of aryl methyl sites for hydroxylation is 1. The fourth-order valence-corrected chi connectivity index (χ4v) is 2.67. The minimum absolute atomic E-state index is 0.00151. The SMILES string of the molecule is COc1ccc(Cl)cc1NC(=O)c1ccc2c(c1)CCC(=O)N2. The maximum Gasteiger partial charge on any atom is 0.255 e. The molecule has 0 radical (unpaired) electrons. The molecule has 1 aliphatic rings. The number of ether oxygens (including phenoxy) is 1. The fourth-order valence-electron chi connectivity index (χ4n) is 2.50. The predicted octanol–water partition coefficient (Wildman–Crippen LogP) is 3.49. The maximum atomic E-state index is 12.4. The van der Waals surface area contributed by atoms with Gasteiger partial charge < -0.3 is 15.4 Å². The Morgan fingerprint density at radius 3 is 2.83 bits per heavy atom. The van der Waals surface area contributed by atoms with Crippen molar-refractivity contribution in [1.82, 2.24) is 0 Å². The van der Waals surface area contributed by atoms with Crippen LogP contribution in [0.2, 0.25) is 5.02 Å². The topological polar surface area (TPSA) is 67.4 Å². The first kappa shape index (κ1) is 15.4. The zero-order valence-corrected chi connectivity index (χ0v) is 13.2. The van der Waals surface area contributed by atoms with E-state index in [1.165, 1.54) is 7.11 Å². The second kappa shape index (κ2) is 6.30. The summed E-state index contributed by atoms with van der Waals surface area (Å²) in [6, 6.07) is 10.2. The number of hydrogen-bond donors (Lipinski definition) is 2. The summed E-state index contributed by atoms with van der Waals surface area (Å²) in [4.78, 5) is 23.8. The van der Waals surface area contributed by atoms with Crippen LogP contribution in [0.5, 0.6) is 5.75 Å². The molecule has 2 aromatic carbocycles. The molecular weight excluding hydrogens is 316 g/mol. The number of carbonyl (C=O) groups is 2. The highest BCUT2D eigenvalue weighted by Crippen LogP contribution is 2.29. The van der Waals surface area contributed by atoms with Crippen LogP contribution < -0.4 is 15.4 Å². The molecule has 6 heteroatoms. The van der Waals surface area contributed by atoms with Crippen molar-refractivity contribution in [2.24, 2.45) is 0 Å². The molecule has 0 bridgehead atoms. The van der Waals surface area contributed by atoms with Crippen molar-refractivity contribution in [3.05, 3.63) is 52.5 Å². The smallest absolute Gasteiger partial charge is 0.255 e. The van der Waals surface area contributed by atoms with E-state index in [-0.39, 0.29) is 11.8 Å². The number of nitrogens with one attached hydrogen (secondary N) is 2. The number of benzene rings is 2. The number of anilines is 2. The van der Waals surface area contributed by atoms with Crippen molar-refractivity contribution in [3.8, 4) is 5.75 Å². The first-order chi connectivity index (χ1) is 11.1. The molecule has 0 fully saturated rings. The van der Waals surface area contributed by atoms with Gasteiger partial charge in [0.15, 0.2) is 0 Å². The Morgan fingerprint density at radius 1 is 1.22 bits per heavy atom. The highest BCUT2D eigenvalue weighted by molar-refractivity contribution is 6.31. The van der Waals surface area contributed by atoms with Crippen LogP contribution in [0.3, 0.4) is 0 Å². The van der Waals surface area contributed by atoms with Crippen LogP contribution in [0.25, 0.3) is 0 Å². The van der Waals surface area contributed by atoms with E-state index in [1.54, 1.807) is 36.4 Å². The Labute approximate surface area is 138 Å². The zero-order chi connectivity index (χ0) is 16.4. The number of rotatable bonds is 3. The molecule has 0 saturated heterocycles. The summed E-state index contributed by atoms with van der Waals surface area (Å²) < 4.78 is 5.22. The third kappa shape index (κ3) is 3.29. The van der Waals surface area contributed by atoms with Crippen LogP contribution >= 0.6 is 11.6 Å². The van der Waals surface area contributed by atoms with E-state index in [9.17, 15) is 9.59 Å². The van der Waals surface area contributed by atoms with Crippen LogP contribution in [0.4, 0.5) is 11.4 Å². The number of amides is 2. The quantitative estimate of drug-likeness (QED) is 0.905. The fraction of sp³-hybridized carbons (Fsp3) is 0.176. The molecule has 5 nitrogen and oxygen atoms in total. The lowest BCUT2D eigenvalue weighted by Gasteiger charge is -2.17. The van der Waals surface area contributed by atoms with Gasteiger partial charge in [-0.1, -0.05) is 11.6 Å². The van der Waals surface area contributed by atoms with E-state index in [4.69, 9.17) is 16.3 Å². The molecule has 0 aliphatic carbocycles. The second-order valence-electron chi connectivity index (χ2n) is 5.22. The summed E-state index contributed by atoms with van der Waals surface area (Å²) in [7, 11) is 1.53. The van der Waals surface area contributed by atoms with Crippen molar-refractivity contribution in [2.75, 3.05) is 17.7 Å². The van der Waals surface area contributed by atoms with Crippen LogP contribution in [-0.4, -0.2) is 18.9 Å².